The minimum Gasteiger partial charge on any atom is -0.292 e. The Morgan fingerprint density at radius 1 is 0.594 bits per heavy atom. The summed E-state index contributed by atoms with van der Waals surface area (Å²) in [6.45, 7) is 0. The molecule has 0 fully saturated rings. The first-order valence-corrected chi connectivity index (χ1v) is 10.3. The molecule has 0 amide bonds. The molecule has 5 aromatic heterocycles. The molecule has 0 atom stereocenters. The van der Waals surface area contributed by atoms with Gasteiger partial charge in [0.2, 0.25) is 5.95 Å². The predicted molar refractivity (Wildman–Crippen MR) is 124 cm³/mol. The van der Waals surface area contributed by atoms with Crippen molar-refractivity contribution < 1.29 is 0 Å². The van der Waals surface area contributed by atoms with Gasteiger partial charge in [0.15, 0.2) is 5.65 Å². The van der Waals surface area contributed by atoms with Gasteiger partial charge in [-0.1, -0.05) is 36.4 Å². The third-order valence-corrected chi connectivity index (χ3v) is 5.82. The second-order valence-corrected chi connectivity index (χ2v) is 7.56. The van der Waals surface area contributed by atoms with Gasteiger partial charge >= 0.3 is 0 Å². The van der Waals surface area contributed by atoms with Gasteiger partial charge in [-0.2, -0.15) is 0 Å². The zero-order valence-corrected chi connectivity index (χ0v) is 16.8. The SMILES string of the molecule is c1ccc(-n2c3cccnc3c3cc4c5ccccc5n(-c5ncncn5)c4nc32)cc1. The van der Waals surface area contributed by atoms with Crippen LogP contribution >= 0.6 is 0 Å². The molecule has 7 nitrogen and oxygen atoms in total. The molecule has 32 heavy (non-hydrogen) atoms. The highest BCUT2D eigenvalue weighted by atomic mass is 15.2. The lowest BCUT2D eigenvalue weighted by atomic mass is 10.1. The average molecular weight is 413 g/mol. The summed E-state index contributed by atoms with van der Waals surface area (Å²) in [5.41, 5.74) is 5.62. The number of aromatic nitrogens is 7. The van der Waals surface area contributed by atoms with Crippen molar-refractivity contribution in [3.63, 3.8) is 0 Å². The normalized spacial score (nSPS) is 11.8. The maximum absolute atomic E-state index is 5.19. The van der Waals surface area contributed by atoms with Crippen LogP contribution in [0.5, 0.6) is 0 Å². The van der Waals surface area contributed by atoms with Crippen LogP contribution in [0, 0.1) is 0 Å². The summed E-state index contributed by atoms with van der Waals surface area (Å²) >= 11 is 0. The van der Waals surface area contributed by atoms with Crippen molar-refractivity contribution in [3.8, 4) is 11.6 Å². The number of benzene rings is 2. The molecule has 0 saturated heterocycles. The fourth-order valence-electron chi connectivity index (χ4n) is 4.51. The molecule has 5 heterocycles. The maximum atomic E-state index is 5.19. The molecule has 0 N–H and O–H groups in total. The van der Waals surface area contributed by atoms with Crippen molar-refractivity contribution in [1.29, 1.82) is 0 Å². The fourth-order valence-corrected chi connectivity index (χ4v) is 4.51. The Kier molecular flexibility index (Phi) is 3.43. The minimum absolute atomic E-state index is 0.540. The first-order chi connectivity index (χ1) is 15.9. The van der Waals surface area contributed by atoms with E-state index < -0.39 is 0 Å². The van der Waals surface area contributed by atoms with Crippen LogP contribution in [0.3, 0.4) is 0 Å². The Morgan fingerprint density at radius 3 is 2.22 bits per heavy atom. The monoisotopic (exact) mass is 413 g/mol. The second-order valence-electron chi connectivity index (χ2n) is 7.56. The van der Waals surface area contributed by atoms with Gasteiger partial charge < -0.3 is 0 Å². The van der Waals surface area contributed by atoms with Gasteiger partial charge in [0, 0.05) is 28.0 Å². The van der Waals surface area contributed by atoms with Gasteiger partial charge in [-0.15, -0.1) is 0 Å². The second kappa shape index (κ2) is 6.42. The topological polar surface area (TPSA) is 74.3 Å². The van der Waals surface area contributed by atoms with Crippen LogP contribution < -0.4 is 0 Å². The van der Waals surface area contributed by atoms with Crippen LogP contribution in [0.15, 0.2) is 91.6 Å². The van der Waals surface area contributed by atoms with E-state index in [1.807, 2.05) is 47.2 Å². The number of rotatable bonds is 2. The van der Waals surface area contributed by atoms with Crippen LogP contribution in [0.4, 0.5) is 0 Å². The molecule has 0 unspecified atom stereocenters. The first-order valence-electron chi connectivity index (χ1n) is 10.3. The minimum atomic E-state index is 0.540. The lowest BCUT2D eigenvalue weighted by molar-refractivity contribution is 0.931. The molecule has 0 aliphatic heterocycles. The van der Waals surface area contributed by atoms with E-state index in [1.165, 1.54) is 12.7 Å². The molecular formula is C25H15N7. The summed E-state index contributed by atoms with van der Waals surface area (Å²) in [5.74, 6) is 0.540. The number of hydrogen-bond acceptors (Lipinski definition) is 5. The van der Waals surface area contributed by atoms with E-state index in [0.717, 1.165) is 49.7 Å². The molecular weight excluding hydrogens is 398 g/mol. The van der Waals surface area contributed by atoms with E-state index in [1.54, 1.807) is 0 Å². The quantitative estimate of drug-likeness (QED) is 0.405. The summed E-state index contributed by atoms with van der Waals surface area (Å²) in [6, 6.07) is 24.7. The van der Waals surface area contributed by atoms with Crippen LogP contribution in [-0.4, -0.2) is 34.1 Å². The van der Waals surface area contributed by atoms with E-state index in [2.05, 4.69) is 55.9 Å². The molecule has 0 spiro atoms. The Balaban J connectivity index is 1.71. The van der Waals surface area contributed by atoms with E-state index in [4.69, 9.17) is 9.97 Å². The van der Waals surface area contributed by atoms with Gasteiger partial charge in [0.1, 0.15) is 18.3 Å². The summed E-state index contributed by atoms with van der Waals surface area (Å²) in [4.78, 5) is 22.7. The fraction of sp³-hybridized carbons (Fsp3) is 0. The number of hydrogen-bond donors (Lipinski definition) is 0. The van der Waals surface area contributed by atoms with E-state index in [9.17, 15) is 0 Å². The highest BCUT2D eigenvalue weighted by Gasteiger charge is 2.20. The molecule has 2 aromatic carbocycles. The predicted octanol–water partition coefficient (Wildman–Crippen LogP) is 4.86. The largest absolute Gasteiger partial charge is 0.292 e. The van der Waals surface area contributed by atoms with Gasteiger partial charge in [-0.3, -0.25) is 14.1 Å². The Morgan fingerprint density at radius 2 is 1.34 bits per heavy atom. The molecule has 150 valence electrons. The Bertz CT molecular complexity index is 1640. The molecule has 7 aromatic rings. The van der Waals surface area contributed by atoms with Crippen LogP contribution in [-0.2, 0) is 0 Å². The standard InChI is InChI=1S/C25H15N7/c1-2-7-16(8-3-1)31-21-11-6-12-27-22(21)19-13-18-17-9-4-5-10-20(17)32(23(18)30-24(19)31)25-28-14-26-15-29-25/h1-15H. The van der Waals surface area contributed by atoms with Crippen LogP contribution in [0.25, 0.3) is 55.6 Å². The van der Waals surface area contributed by atoms with Crippen molar-refractivity contribution in [3.05, 3.63) is 91.6 Å². The highest BCUT2D eigenvalue weighted by molar-refractivity contribution is 6.15. The van der Waals surface area contributed by atoms with Gasteiger partial charge in [-0.25, -0.2) is 19.9 Å². The van der Waals surface area contributed by atoms with Gasteiger partial charge in [0.25, 0.3) is 0 Å². The Labute approximate surface area is 181 Å². The number of nitrogens with zero attached hydrogens (tertiary/aromatic N) is 7. The number of para-hydroxylation sites is 2. The molecule has 7 rings (SSSR count). The van der Waals surface area contributed by atoms with E-state index >= 15 is 0 Å². The van der Waals surface area contributed by atoms with Gasteiger partial charge in [-0.05, 0) is 36.4 Å². The summed E-state index contributed by atoms with van der Waals surface area (Å²) < 4.78 is 4.15. The molecule has 0 radical (unpaired) electrons. The lowest BCUT2D eigenvalue weighted by Gasteiger charge is -2.07. The van der Waals surface area contributed by atoms with E-state index in [-0.39, 0.29) is 0 Å². The van der Waals surface area contributed by atoms with Gasteiger partial charge in [0.05, 0.1) is 16.6 Å². The lowest BCUT2D eigenvalue weighted by Crippen LogP contribution is -2.02. The Hall–Kier alpha value is -4.65. The maximum Gasteiger partial charge on any atom is 0.238 e. The third-order valence-electron chi connectivity index (χ3n) is 5.82. The average Bonchev–Trinajstić information content (AvgIpc) is 3.36. The third kappa shape index (κ3) is 2.27. The van der Waals surface area contributed by atoms with Crippen molar-refractivity contribution in [1.82, 2.24) is 34.1 Å². The summed E-state index contributed by atoms with van der Waals surface area (Å²) in [6.07, 6.45) is 4.84. The smallest absolute Gasteiger partial charge is 0.238 e. The summed E-state index contributed by atoms with van der Waals surface area (Å²) in [7, 11) is 0. The summed E-state index contributed by atoms with van der Waals surface area (Å²) in [5, 5.41) is 3.13. The van der Waals surface area contributed by atoms with Crippen molar-refractivity contribution in [2.24, 2.45) is 0 Å². The van der Waals surface area contributed by atoms with Crippen molar-refractivity contribution >= 4 is 44.0 Å². The zero-order chi connectivity index (χ0) is 21.1. The molecule has 0 aliphatic carbocycles. The molecule has 0 saturated carbocycles. The molecule has 0 aliphatic rings. The number of fused-ring (bicyclic) bond motifs is 6. The number of pyridine rings is 2. The first kappa shape index (κ1) is 17.1. The highest BCUT2D eigenvalue weighted by Crippen LogP contribution is 2.36. The van der Waals surface area contributed by atoms with Crippen LogP contribution in [0.2, 0.25) is 0 Å². The molecule has 7 heteroatoms. The van der Waals surface area contributed by atoms with Crippen molar-refractivity contribution in [2.45, 2.75) is 0 Å². The van der Waals surface area contributed by atoms with Crippen molar-refractivity contribution in [2.75, 3.05) is 0 Å². The van der Waals surface area contributed by atoms with Crippen LogP contribution in [0.1, 0.15) is 0 Å². The van der Waals surface area contributed by atoms with E-state index in [0.29, 0.717) is 5.95 Å². The zero-order valence-electron chi connectivity index (χ0n) is 16.8. The molecule has 0 bridgehead atoms.